The Bertz CT molecular complexity index is 1100. The van der Waals surface area contributed by atoms with Crippen molar-refractivity contribution < 1.29 is 4.79 Å². The molecule has 0 aliphatic heterocycles. The number of amides is 1. The summed E-state index contributed by atoms with van der Waals surface area (Å²) in [5.74, 6) is -0.375. The highest BCUT2D eigenvalue weighted by Crippen LogP contribution is 2.22. The summed E-state index contributed by atoms with van der Waals surface area (Å²) in [6, 6.07) is 18.8. The first kappa shape index (κ1) is 20.3. The largest absolute Gasteiger partial charge is 0.347 e. The van der Waals surface area contributed by atoms with Gasteiger partial charge in [-0.3, -0.25) is 19.0 Å². The molecule has 6 nitrogen and oxygen atoms in total. The Labute approximate surface area is 169 Å². The SMILES string of the molecule is CCCn1c(C(=O)NCc2ccccc2)c(-c2ccccc2)n(CC)c(=O)c1=O. The summed E-state index contributed by atoms with van der Waals surface area (Å²) in [6.07, 6.45) is 0.628. The number of nitrogens with one attached hydrogen (secondary N) is 1. The van der Waals surface area contributed by atoms with Crippen LogP contribution in [0.15, 0.2) is 70.3 Å². The molecule has 0 aliphatic carbocycles. The van der Waals surface area contributed by atoms with Crippen LogP contribution in [0.1, 0.15) is 36.3 Å². The van der Waals surface area contributed by atoms with Crippen molar-refractivity contribution in [3.05, 3.63) is 92.6 Å². The fraction of sp³-hybridized carbons (Fsp3) is 0.261. The van der Waals surface area contributed by atoms with Gasteiger partial charge in [0, 0.05) is 25.2 Å². The van der Waals surface area contributed by atoms with Gasteiger partial charge >= 0.3 is 11.1 Å². The van der Waals surface area contributed by atoms with Gasteiger partial charge in [-0.1, -0.05) is 67.6 Å². The van der Waals surface area contributed by atoms with E-state index in [0.29, 0.717) is 31.7 Å². The zero-order valence-electron chi connectivity index (χ0n) is 16.7. The predicted molar refractivity (Wildman–Crippen MR) is 114 cm³/mol. The van der Waals surface area contributed by atoms with E-state index in [2.05, 4.69) is 5.32 Å². The highest BCUT2D eigenvalue weighted by molar-refractivity contribution is 5.98. The summed E-state index contributed by atoms with van der Waals surface area (Å²) in [5.41, 5.74) is 1.09. The normalized spacial score (nSPS) is 10.7. The minimum atomic E-state index is -0.668. The van der Waals surface area contributed by atoms with Crippen LogP contribution in [0.2, 0.25) is 0 Å². The average Bonchev–Trinajstić information content (AvgIpc) is 2.76. The van der Waals surface area contributed by atoms with E-state index in [4.69, 9.17) is 0 Å². The molecular formula is C23H25N3O3. The third kappa shape index (κ3) is 4.21. The lowest BCUT2D eigenvalue weighted by Gasteiger charge is -2.20. The molecule has 3 rings (SSSR count). The van der Waals surface area contributed by atoms with Crippen LogP contribution in [0.4, 0.5) is 0 Å². The zero-order chi connectivity index (χ0) is 20.8. The van der Waals surface area contributed by atoms with Gasteiger partial charge < -0.3 is 9.88 Å². The van der Waals surface area contributed by atoms with Crippen LogP contribution in [0, 0.1) is 0 Å². The molecule has 0 bridgehead atoms. The number of carbonyl (C=O) groups is 1. The molecule has 0 aliphatic rings. The first-order valence-corrected chi connectivity index (χ1v) is 9.83. The van der Waals surface area contributed by atoms with Crippen molar-refractivity contribution >= 4 is 5.91 Å². The van der Waals surface area contributed by atoms with Gasteiger partial charge in [-0.25, -0.2) is 0 Å². The fourth-order valence-electron chi connectivity index (χ4n) is 3.41. The van der Waals surface area contributed by atoms with Gasteiger partial charge in [-0.2, -0.15) is 0 Å². The summed E-state index contributed by atoms with van der Waals surface area (Å²) in [5, 5.41) is 2.91. The maximum absolute atomic E-state index is 13.3. The molecule has 0 unspecified atom stereocenters. The second-order valence-corrected chi connectivity index (χ2v) is 6.74. The maximum Gasteiger partial charge on any atom is 0.317 e. The van der Waals surface area contributed by atoms with Crippen LogP contribution in [0.5, 0.6) is 0 Å². The molecule has 1 amide bonds. The van der Waals surface area contributed by atoms with Crippen LogP contribution in [-0.2, 0) is 19.6 Å². The first-order chi connectivity index (χ1) is 14.1. The molecule has 0 fully saturated rings. The molecule has 150 valence electrons. The maximum atomic E-state index is 13.3. The Hall–Kier alpha value is -3.41. The topological polar surface area (TPSA) is 73.1 Å². The monoisotopic (exact) mass is 391 g/mol. The van der Waals surface area contributed by atoms with E-state index < -0.39 is 11.1 Å². The highest BCUT2D eigenvalue weighted by Gasteiger charge is 2.24. The number of hydrogen-bond donors (Lipinski definition) is 1. The molecule has 1 aromatic heterocycles. The van der Waals surface area contributed by atoms with Crippen molar-refractivity contribution in [3.8, 4) is 11.3 Å². The average molecular weight is 391 g/mol. The molecule has 0 spiro atoms. The summed E-state index contributed by atoms with van der Waals surface area (Å²) in [7, 11) is 0. The molecule has 1 heterocycles. The van der Waals surface area contributed by atoms with Crippen molar-refractivity contribution in [2.45, 2.75) is 39.9 Å². The number of rotatable bonds is 7. The van der Waals surface area contributed by atoms with E-state index in [1.807, 2.05) is 67.6 Å². The molecule has 0 atom stereocenters. The molecule has 0 radical (unpaired) electrons. The van der Waals surface area contributed by atoms with Crippen molar-refractivity contribution in [1.82, 2.24) is 14.5 Å². The first-order valence-electron chi connectivity index (χ1n) is 9.83. The Morgan fingerprint density at radius 1 is 0.862 bits per heavy atom. The number of benzene rings is 2. The molecule has 3 aromatic rings. The Balaban J connectivity index is 2.19. The van der Waals surface area contributed by atoms with Crippen LogP contribution in [-0.4, -0.2) is 15.0 Å². The van der Waals surface area contributed by atoms with Crippen LogP contribution in [0.25, 0.3) is 11.3 Å². The molecule has 0 saturated heterocycles. The van der Waals surface area contributed by atoms with Crippen molar-refractivity contribution in [1.29, 1.82) is 0 Å². The zero-order valence-corrected chi connectivity index (χ0v) is 16.7. The summed E-state index contributed by atoms with van der Waals surface area (Å²) >= 11 is 0. The lowest BCUT2D eigenvalue weighted by molar-refractivity contribution is 0.0939. The Kier molecular flexibility index (Phi) is 6.44. The minimum absolute atomic E-state index is 0.223. The quantitative estimate of drug-likeness (QED) is 0.629. The lowest BCUT2D eigenvalue weighted by Crippen LogP contribution is -2.46. The van der Waals surface area contributed by atoms with E-state index in [-0.39, 0.29) is 11.6 Å². The minimum Gasteiger partial charge on any atom is -0.347 e. The molecule has 6 heteroatoms. The van der Waals surface area contributed by atoms with Gasteiger partial charge in [0.2, 0.25) is 0 Å². The van der Waals surface area contributed by atoms with E-state index in [9.17, 15) is 14.4 Å². The molecule has 29 heavy (non-hydrogen) atoms. The second kappa shape index (κ2) is 9.19. The van der Waals surface area contributed by atoms with Crippen molar-refractivity contribution in [3.63, 3.8) is 0 Å². The van der Waals surface area contributed by atoms with Gasteiger partial charge in [-0.05, 0) is 18.9 Å². The van der Waals surface area contributed by atoms with E-state index in [1.165, 1.54) is 9.13 Å². The van der Waals surface area contributed by atoms with Gasteiger partial charge in [0.05, 0.1) is 5.69 Å². The van der Waals surface area contributed by atoms with E-state index in [0.717, 1.165) is 11.1 Å². The summed E-state index contributed by atoms with van der Waals surface area (Å²) in [4.78, 5) is 38.8. The number of aromatic nitrogens is 2. The molecule has 2 aromatic carbocycles. The summed E-state index contributed by atoms with van der Waals surface area (Å²) < 4.78 is 2.71. The van der Waals surface area contributed by atoms with Crippen molar-refractivity contribution in [2.75, 3.05) is 0 Å². The Morgan fingerprint density at radius 3 is 2.03 bits per heavy atom. The van der Waals surface area contributed by atoms with E-state index >= 15 is 0 Å². The highest BCUT2D eigenvalue weighted by atomic mass is 16.2. The van der Waals surface area contributed by atoms with Gasteiger partial charge in [0.1, 0.15) is 5.69 Å². The van der Waals surface area contributed by atoms with Crippen LogP contribution >= 0.6 is 0 Å². The summed E-state index contributed by atoms with van der Waals surface area (Å²) in [6.45, 7) is 4.63. The van der Waals surface area contributed by atoms with Gasteiger partial charge in [-0.15, -0.1) is 0 Å². The Morgan fingerprint density at radius 2 is 1.45 bits per heavy atom. The number of hydrogen-bond acceptors (Lipinski definition) is 3. The third-order valence-electron chi connectivity index (χ3n) is 4.76. The number of nitrogens with zero attached hydrogens (tertiary/aromatic N) is 2. The smallest absolute Gasteiger partial charge is 0.317 e. The lowest BCUT2D eigenvalue weighted by atomic mass is 10.1. The molecule has 0 saturated carbocycles. The van der Waals surface area contributed by atoms with Gasteiger partial charge in [0.25, 0.3) is 5.91 Å². The fourth-order valence-corrected chi connectivity index (χ4v) is 3.41. The third-order valence-corrected chi connectivity index (χ3v) is 4.76. The molecule has 1 N–H and O–H groups in total. The van der Waals surface area contributed by atoms with Crippen LogP contribution in [0.3, 0.4) is 0 Å². The standard InChI is InChI=1S/C23H25N3O3/c1-3-15-26-20(21(27)24-16-17-11-7-5-8-12-17)19(18-13-9-6-10-14-18)25(4-2)22(28)23(26)29/h5-14H,3-4,15-16H2,1-2H3,(H,24,27). The second-order valence-electron chi connectivity index (χ2n) is 6.74. The predicted octanol–water partition coefficient (Wildman–Crippen LogP) is 3.04. The van der Waals surface area contributed by atoms with E-state index in [1.54, 1.807) is 6.92 Å². The van der Waals surface area contributed by atoms with Crippen LogP contribution < -0.4 is 16.4 Å². The molecular weight excluding hydrogens is 366 g/mol. The van der Waals surface area contributed by atoms with Crippen molar-refractivity contribution in [2.24, 2.45) is 0 Å². The van der Waals surface area contributed by atoms with Gasteiger partial charge in [0.15, 0.2) is 0 Å². The number of carbonyl (C=O) groups excluding carboxylic acids is 1.